The van der Waals surface area contributed by atoms with E-state index in [9.17, 15) is 23.5 Å². The smallest absolute Gasteiger partial charge is 0.362 e. The largest absolute Gasteiger partial charge is 0.492 e. The van der Waals surface area contributed by atoms with Gasteiger partial charge < -0.3 is 14.7 Å². The van der Waals surface area contributed by atoms with Crippen molar-refractivity contribution in [3.8, 4) is 5.75 Å². The summed E-state index contributed by atoms with van der Waals surface area (Å²) < 4.78 is 32.9. The molecule has 6 nitrogen and oxygen atoms in total. The summed E-state index contributed by atoms with van der Waals surface area (Å²) in [4.78, 5) is 29.0. The van der Waals surface area contributed by atoms with Crippen LogP contribution < -0.4 is 10.2 Å². The van der Waals surface area contributed by atoms with Crippen LogP contribution in [0, 0.1) is 17.0 Å². The molecule has 0 radical (unpaired) electrons. The van der Waals surface area contributed by atoms with Crippen LogP contribution in [0.25, 0.3) is 5.57 Å². The number of carbonyl (C=O) groups is 2. The number of hydrogen-bond acceptors (Lipinski definition) is 5. The molecule has 2 aliphatic rings. The number of hydrogen-bond donors (Lipinski definition) is 2. The van der Waals surface area contributed by atoms with E-state index >= 15 is 0 Å². The summed E-state index contributed by atoms with van der Waals surface area (Å²) >= 11 is 0. The predicted octanol–water partition coefficient (Wildman–Crippen LogP) is 3.29. The molecule has 1 saturated carbocycles. The van der Waals surface area contributed by atoms with Crippen LogP contribution in [-0.2, 0) is 9.63 Å². The lowest BCUT2D eigenvalue weighted by Gasteiger charge is -2.30. The lowest BCUT2D eigenvalue weighted by molar-refractivity contribution is -0.134. The van der Waals surface area contributed by atoms with Crippen LogP contribution >= 0.6 is 0 Å². The van der Waals surface area contributed by atoms with E-state index < -0.39 is 34.7 Å². The first-order valence-corrected chi connectivity index (χ1v) is 8.54. The van der Waals surface area contributed by atoms with Gasteiger partial charge in [0.25, 0.3) is 0 Å². The molecule has 1 fully saturated rings. The number of carboxylic acid groups (broad SMARTS) is 1. The average molecular weight is 387 g/mol. The molecule has 0 aromatic heterocycles. The SMILES string of the molecule is O=C(O)/C(NOC(=O)c1ccccc1)=C1/c2cc(F)c(F)cc2OCC12CC2. The van der Waals surface area contributed by atoms with Crippen LogP contribution in [0.15, 0.2) is 48.2 Å². The van der Waals surface area contributed by atoms with Crippen LogP contribution in [0.4, 0.5) is 8.78 Å². The Balaban J connectivity index is 1.74. The van der Waals surface area contributed by atoms with Crippen molar-refractivity contribution in [3.05, 3.63) is 70.9 Å². The summed E-state index contributed by atoms with van der Waals surface area (Å²) in [5, 5.41) is 9.70. The van der Waals surface area contributed by atoms with Gasteiger partial charge in [0.1, 0.15) is 5.75 Å². The van der Waals surface area contributed by atoms with Crippen LogP contribution in [-0.4, -0.2) is 23.7 Å². The van der Waals surface area contributed by atoms with Gasteiger partial charge in [-0.15, -0.1) is 0 Å². The van der Waals surface area contributed by atoms with Gasteiger partial charge in [0.15, 0.2) is 17.3 Å². The van der Waals surface area contributed by atoms with Gasteiger partial charge in [0, 0.05) is 22.6 Å². The minimum Gasteiger partial charge on any atom is -0.492 e. The lowest BCUT2D eigenvalue weighted by Crippen LogP contribution is -2.31. The third-order valence-electron chi connectivity index (χ3n) is 4.90. The highest BCUT2D eigenvalue weighted by molar-refractivity contribution is 5.99. The summed E-state index contributed by atoms with van der Waals surface area (Å²) in [5.41, 5.74) is 1.76. The second-order valence-electron chi connectivity index (χ2n) is 6.74. The Kier molecular flexibility index (Phi) is 4.26. The minimum absolute atomic E-state index is 0.0429. The van der Waals surface area contributed by atoms with Crippen molar-refractivity contribution in [1.29, 1.82) is 0 Å². The van der Waals surface area contributed by atoms with Crippen molar-refractivity contribution in [2.45, 2.75) is 12.8 Å². The summed E-state index contributed by atoms with van der Waals surface area (Å²) in [6.45, 7) is 0.130. The summed E-state index contributed by atoms with van der Waals surface area (Å²) in [5.74, 6) is -4.34. The van der Waals surface area contributed by atoms with Crippen LogP contribution in [0.5, 0.6) is 5.75 Å². The van der Waals surface area contributed by atoms with Crippen molar-refractivity contribution in [1.82, 2.24) is 5.48 Å². The Morgan fingerprint density at radius 3 is 2.43 bits per heavy atom. The summed E-state index contributed by atoms with van der Waals surface area (Å²) in [7, 11) is 0. The van der Waals surface area contributed by atoms with E-state index in [-0.39, 0.29) is 29.1 Å². The molecule has 1 spiro atoms. The molecule has 144 valence electrons. The molecule has 0 amide bonds. The number of hydroxylamine groups is 1. The molecule has 0 unspecified atom stereocenters. The lowest BCUT2D eigenvalue weighted by atomic mass is 9.85. The van der Waals surface area contributed by atoms with Crippen molar-refractivity contribution in [2.75, 3.05) is 6.61 Å². The molecule has 1 aliphatic carbocycles. The Labute approximate surface area is 158 Å². The maximum atomic E-state index is 13.8. The Morgan fingerprint density at radius 2 is 1.79 bits per heavy atom. The number of carbonyl (C=O) groups excluding carboxylic acids is 1. The molecule has 8 heteroatoms. The third kappa shape index (κ3) is 3.06. The molecule has 0 atom stereocenters. The van der Waals surface area contributed by atoms with Gasteiger partial charge in [0.2, 0.25) is 0 Å². The summed E-state index contributed by atoms with van der Waals surface area (Å²) in [6, 6.07) is 9.82. The highest BCUT2D eigenvalue weighted by Crippen LogP contribution is 2.60. The fourth-order valence-electron chi connectivity index (χ4n) is 3.29. The zero-order chi connectivity index (χ0) is 19.9. The Hall–Kier alpha value is -3.42. The molecular weight excluding hydrogens is 372 g/mol. The van der Waals surface area contributed by atoms with E-state index in [0.29, 0.717) is 12.8 Å². The minimum atomic E-state index is -1.39. The van der Waals surface area contributed by atoms with Crippen LogP contribution in [0.2, 0.25) is 0 Å². The molecular formula is C20H15F2NO5. The van der Waals surface area contributed by atoms with Gasteiger partial charge in [-0.1, -0.05) is 18.2 Å². The van der Waals surface area contributed by atoms with Gasteiger partial charge in [-0.3, -0.25) is 0 Å². The van der Waals surface area contributed by atoms with Crippen molar-refractivity contribution in [2.24, 2.45) is 5.41 Å². The van der Waals surface area contributed by atoms with Crippen molar-refractivity contribution < 1.29 is 33.1 Å². The molecule has 0 saturated heterocycles. The molecule has 28 heavy (non-hydrogen) atoms. The number of ether oxygens (including phenoxy) is 1. The second-order valence-corrected chi connectivity index (χ2v) is 6.74. The van der Waals surface area contributed by atoms with E-state index in [2.05, 4.69) is 5.48 Å². The van der Waals surface area contributed by atoms with E-state index in [1.807, 2.05) is 0 Å². The maximum Gasteiger partial charge on any atom is 0.362 e. The number of benzene rings is 2. The highest BCUT2D eigenvalue weighted by atomic mass is 19.2. The molecule has 0 bridgehead atoms. The monoisotopic (exact) mass is 387 g/mol. The standard InChI is InChI=1S/C20H15F2NO5/c21-13-8-12-15(9-14(13)22)27-10-20(6-7-20)16(12)17(18(24)25)23-28-19(26)11-4-2-1-3-5-11/h1-5,8-9,23H,6-7,10H2,(H,24,25)/b17-16+. The zero-order valence-electron chi connectivity index (χ0n) is 14.5. The van der Waals surface area contributed by atoms with Crippen LogP contribution in [0.3, 0.4) is 0 Å². The van der Waals surface area contributed by atoms with E-state index in [4.69, 9.17) is 9.57 Å². The normalized spacial score (nSPS) is 17.9. The van der Waals surface area contributed by atoms with Gasteiger partial charge >= 0.3 is 11.9 Å². The zero-order valence-corrected chi connectivity index (χ0v) is 14.5. The van der Waals surface area contributed by atoms with Crippen LogP contribution in [0.1, 0.15) is 28.8 Å². The Morgan fingerprint density at radius 1 is 1.11 bits per heavy atom. The van der Waals surface area contributed by atoms with Gasteiger partial charge in [-0.05, 0) is 31.0 Å². The van der Waals surface area contributed by atoms with Crippen molar-refractivity contribution in [3.63, 3.8) is 0 Å². The van der Waals surface area contributed by atoms with E-state index in [0.717, 1.165) is 12.1 Å². The first-order chi connectivity index (χ1) is 13.4. The molecule has 4 rings (SSSR count). The first-order valence-electron chi connectivity index (χ1n) is 8.54. The number of nitrogens with one attached hydrogen (secondary N) is 1. The fourth-order valence-corrected chi connectivity index (χ4v) is 3.29. The van der Waals surface area contributed by atoms with Gasteiger partial charge in [-0.25, -0.2) is 23.9 Å². The number of fused-ring (bicyclic) bond motifs is 1. The molecule has 1 heterocycles. The second kappa shape index (κ2) is 6.63. The number of halogens is 2. The molecule has 2 N–H and O–H groups in total. The molecule has 1 aliphatic heterocycles. The highest BCUT2D eigenvalue weighted by Gasteiger charge is 2.53. The average Bonchev–Trinajstić information content (AvgIpc) is 3.45. The quantitative estimate of drug-likeness (QED) is 0.619. The maximum absolute atomic E-state index is 13.8. The molecule has 2 aromatic rings. The van der Waals surface area contributed by atoms with Gasteiger partial charge in [-0.2, -0.15) is 0 Å². The van der Waals surface area contributed by atoms with Gasteiger partial charge in [0.05, 0.1) is 12.2 Å². The van der Waals surface area contributed by atoms with Crippen molar-refractivity contribution >= 4 is 17.5 Å². The molecule has 2 aromatic carbocycles. The first kappa shape index (κ1) is 18.0. The van der Waals surface area contributed by atoms with E-state index in [1.54, 1.807) is 18.2 Å². The predicted molar refractivity (Wildman–Crippen MR) is 93.1 cm³/mol. The Bertz CT molecular complexity index is 999. The number of carboxylic acids is 1. The number of aliphatic carboxylic acids is 1. The van der Waals surface area contributed by atoms with E-state index in [1.165, 1.54) is 12.1 Å². The fraction of sp³-hybridized carbons (Fsp3) is 0.200. The number of rotatable bonds is 4. The third-order valence-corrected chi connectivity index (χ3v) is 4.90. The summed E-state index contributed by atoms with van der Waals surface area (Å²) in [6.07, 6.45) is 1.23. The topological polar surface area (TPSA) is 84.9 Å².